The van der Waals surface area contributed by atoms with Gasteiger partial charge in [-0.1, -0.05) is 0 Å². The first kappa shape index (κ1) is 7.56. The molecular weight excluding hydrogens is 136 g/mol. The Hall–Kier alpha value is -0.0800. The highest BCUT2D eigenvalue weighted by molar-refractivity contribution is 4.88. The van der Waals surface area contributed by atoms with Crippen LogP contribution in [0.15, 0.2) is 0 Å². The summed E-state index contributed by atoms with van der Waals surface area (Å²) in [6, 6.07) is 0.787. The third kappa shape index (κ3) is 1.74. The van der Waals surface area contributed by atoms with Crippen molar-refractivity contribution in [2.24, 2.45) is 5.92 Å². The lowest BCUT2D eigenvalue weighted by atomic mass is 10.1. The molecule has 0 aromatic heterocycles. The lowest BCUT2D eigenvalue weighted by Crippen LogP contribution is -2.46. The molecule has 0 bridgehead atoms. The molecule has 1 saturated heterocycles. The Labute approximate surface area is 69.0 Å². The highest BCUT2D eigenvalue weighted by Gasteiger charge is 2.32. The summed E-state index contributed by atoms with van der Waals surface area (Å²) in [4.78, 5) is 2.56. The second kappa shape index (κ2) is 3.11. The molecule has 0 aromatic rings. The highest BCUT2D eigenvalue weighted by atomic mass is 15.2. The highest BCUT2D eigenvalue weighted by Crippen LogP contribution is 2.33. The number of hydrogen-bond donors (Lipinski definition) is 1. The number of likely N-dealkylation sites (tertiary alicyclic amines) is 1. The van der Waals surface area contributed by atoms with Gasteiger partial charge < -0.3 is 10.2 Å². The Morgan fingerprint density at radius 1 is 1.45 bits per heavy atom. The molecule has 0 amide bonds. The second-order valence-corrected chi connectivity index (χ2v) is 3.89. The van der Waals surface area contributed by atoms with E-state index >= 15 is 0 Å². The predicted octanol–water partition coefficient (Wildman–Crippen LogP) is 0.690. The van der Waals surface area contributed by atoms with Crippen molar-refractivity contribution in [3.63, 3.8) is 0 Å². The van der Waals surface area contributed by atoms with Crippen LogP contribution in [0.2, 0.25) is 0 Å². The van der Waals surface area contributed by atoms with Crippen LogP contribution in [0.5, 0.6) is 0 Å². The van der Waals surface area contributed by atoms with E-state index in [2.05, 4.69) is 17.3 Å². The van der Waals surface area contributed by atoms with Gasteiger partial charge in [-0.15, -0.1) is 0 Å². The Morgan fingerprint density at radius 3 is 2.55 bits per heavy atom. The Kier molecular flexibility index (Phi) is 2.14. The zero-order valence-electron chi connectivity index (χ0n) is 7.34. The van der Waals surface area contributed by atoms with Crippen LogP contribution in [0, 0.1) is 5.92 Å². The predicted molar refractivity (Wildman–Crippen MR) is 46.6 cm³/mol. The normalized spacial score (nSPS) is 28.1. The molecule has 1 atom stereocenters. The van der Waals surface area contributed by atoms with E-state index in [1.165, 1.54) is 38.9 Å². The van der Waals surface area contributed by atoms with Crippen LogP contribution in [-0.2, 0) is 0 Å². The Balaban J connectivity index is 1.71. The number of nitrogens with zero attached hydrogens (tertiary/aromatic N) is 1. The zero-order valence-corrected chi connectivity index (χ0v) is 7.34. The van der Waals surface area contributed by atoms with Gasteiger partial charge in [0, 0.05) is 12.6 Å². The molecule has 1 heterocycles. The van der Waals surface area contributed by atoms with E-state index < -0.39 is 0 Å². The fourth-order valence-electron chi connectivity index (χ4n) is 1.82. The Bertz CT molecular complexity index is 128. The van der Waals surface area contributed by atoms with Crippen LogP contribution in [0.3, 0.4) is 0 Å². The minimum absolute atomic E-state index is 0.787. The minimum Gasteiger partial charge on any atom is -0.315 e. The third-order valence-electron chi connectivity index (χ3n) is 2.97. The molecule has 0 spiro atoms. The summed E-state index contributed by atoms with van der Waals surface area (Å²) in [5.74, 6) is 1.00. The van der Waals surface area contributed by atoms with Crippen molar-refractivity contribution in [1.82, 2.24) is 10.2 Å². The number of nitrogens with one attached hydrogen (secondary N) is 1. The van der Waals surface area contributed by atoms with Gasteiger partial charge in [0.05, 0.1) is 0 Å². The van der Waals surface area contributed by atoms with Crippen molar-refractivity contribution in [3.8, 4) is 0 Å². The first-order valence-electron chi connectivity index (χ1n) is 4.80. The molecular formula is C9H18N2. The molecule has 0 radical (unpaired) electrons. The SMILES string of the molecule is CNC(CN1CCC1)C1CC1. The lowest BCUT2D eigenvalue weighted by molar-refractivity contribution is 0.157. The van der Waals surface area contributed by atoms with Crippen molar-refractivity contribution in [1.29, 1.82) is 0 Å². The summed E-state index contributed by atoms with van der Waals surface area (Å²) in [7, 11) is 2.10. The standard InChI is InChI=1S/C9H18N2/c1-10-9(8-3-4-8)7-11-5-2-6-11/h8-10H,2-7H2,1H3. The largest absolute Gasteiger partial charge is 0.315 e. The summed E-state index contributed by atoms with van der Waals surface area (Å²) in [6.07, 6.45) is 4.33. The van der Waals surface area contributed by atoms with Gasteiger partial charge >= 0.3 is 0 Å². The maximum absolute atomic E-state index is 3.42. The first-order chi connectivity index (χ1) is 5.40. The second-order valence-electron chi connectivity index (χ2n) is 3.89. The van der Waals surface area contributed by atoms with Gasteiger partial charge in [-0.2, -0.15) is 0 Å². The molecule has 2 rings (SSSR count). The van der Waals surface area contributed by atoms with Crippen molar-refractivity contribution >= 4 is 0 Å². The van der Waals surface area contributed by atoms with E-state index in [1.54, 1.807) is 0 Å². The maximum Gasteiger partial charge on any atom is 0.0220 e. The number of likely N-dealkylation sites (N-methyl/N-ethyl adjacent to an activating group) is 1. The molecule has 2 fully saturated rings. The summed E-state index contributed by atoms with van der Waals surface area (Å²) in [5, 5.41) is 3.42. The van der Waals surface area contributed by atoms with Crippen LogP contribution in [0.4, 0.5) is 0 Å². The fraction of sp³-hybridized carbons (Fsp3) is 1.00. The number of hydrogen-bond acceptors (Lipinski definition) is 2. The van der Waals surface area contributed by atoms with Gasteiger partial charge in [-0.25, -0.2) is 0 Å². The van der Waals surface area contributed by atoms with E-state index in [0.29, 0.717) is 0 Å². The van der Waals surface area contributed by atoms with Gasteiger partial charge in [0.1, 0.15) is 0 Å². The average Bonchev–Trinajstić information content (AvgIpc) is 2.68. The average molecular weight is 154 g/mol. The van der Waals surface area contributed by atoms with Crippen LogP contribution < -0.4 is 5.32 Å². The first-order valence-corrected chi connectivity index (χ1v) is 4.80. The van der Waals surface area contributed by atoms with E-state index in [0.717, 1.165) is 12.0 Å². The molecule has 11 heavy (non-hydrogen) atoms. The molecule has 1 aliphatic heterocycles. The maximum atomic E-state index is 3.42. The Morgan fingerprint density at radius 2 is 2.18 bits per heavy atom. The molecule has 0 aromatic carbocycles. The van der Waals surface area contributed by atoms with E-state index in [1.807, 2.05) is 0 Å². The van der Waals surface area contributed by atoms with E-state index in [9.17, 15) is 0 Å². The van der Waals surface area contributed by atoms with Crippen molar-refractivity contribution in [2.45, 2.75) is 25.3 Å². The molecule has 1 aliphatic carbocycles. The van der Waals surface area contributed by atoms with Crippen LogP contribution >= 0.6 is 0 Å². The molecule has 2 nitrogen and oxygen atoms in total. The zero-order chi connectivity index (χ0) is 7.68. The molecule has 2 aliphatic rings. The third-order valence-corrected chi connectivity index (χ3v) is 2.97. The monoisotopic (exact) mass is 154 g/mol. The lowest BCUT2D eigenvalue weighted by Gasteiger charge is -2.34. The molecule has 1 unspecified atom stereocenters. The van der Waals surface area contributed by atoms with Gasteiger partial charge in [-0.3, -0.25) is 0 Å². The van der Waals surface area contributed by atoms with Crippen molar-refractivity contribution in [2.75, 3.05) is 26.7 Å². The molecule has 1 saturated carbocycles. The van der Waals surface area contributed by atoms with Crippen LogP contribution in [0.1, 0.15) is 19.3 Å². The van der Waals surface area contributed by atoms with Crippen molar-refractivity contribution in [3.05, 3.63) is 0 Å². The minimum atomic E-state index is 0.787. The van der Waals surface area contributed by atoms with Gasteiger partial charge in [0.15, 0.2) is 0 Å². The van der Waals surface area contributed by atoms with E-state index in [4.69, 9.17) is 0 Å². The fourth-order valence-corrected chi connectivity index (χ4v) is 1.82. The van der Waals surface area contributed by atoms with Crippen molar-refractivity contribution < 1.29 is 0 Å². The van der Waals surface area contributed by atoms with Gasteiger partial charge in [0.2, 0.25) is 0 Å². The quantitative estimate of drug-likeness (QED) is 0.641. The number of rotatable bonds is 4. The summed E-state index contributed by atoms with van der Waals surface area (Å²) < 4.78 is 0. The molecule has 2 heteroatoms. The summed E-state index contributed by atoms with van der Waals surface area (Å²) in [5.41, 5.74) is 0. The van der Waals surface area contributed by atoms with Crippen LogP contribution in [-0.4, -0.2) is 37.6 Å². The summed E-state index contributed by atoms with van der Waals surface area (Å²) in [6.45, 7) is 3.97. The summed E-state index contributed by atoms with van der Waals surface area (Å²) >= 11 is 0. The van der Waals surface area contributed by atoms with Gasteiger partial charge in [-0.05, 0) is 45.3 Å². The van der Waals surface area contributed by atoms with E-state index in [-0.39, 0.29) is 0 Å². The smallest absolute Gasteiger partial charge is 0.0220 e. The van der Waals surface area contributed by atoms with Crippen LogP contribution in [0.25, 0.3) is 0 Å². The molecule has 64 valence electrons. The van der Waals surface area contributed by atoms with Gasteiger partial charge in [0.25, 0.3) is 0 Å². The molecule has 1 N–H and O–H groups in total. The topological polar surface area (TPSA) is 15.3 Å².